The highest BCUT2D eigenvalue weighted by Crippen LogP contribution is 2.40. The van der Waals surface area contributed by atoms with Crippen LogP contribution in [0.25, 0.3) is 5.76 Å². The van der Waals surface area contributed by atoms with Gasteiger partial charge in [-0.2, -0.15) is 0 Å². The minimum atomic E-state index is -0.648. The summed E-state index contributed by atoms with van der Waals surface area (Å²) in [6.45, 7) is 13.5. The number of likely N-dealkylation sites (tertiary alicyclic amines) is 1. The van der Waals surface area contributed by atoms with Crippen LogP contribution in [-0.4, -0.2) is 72.6 Å². The molecule has 7 nitrogen and oxygen atoms in total. The van der Waals surface area contributed by atoms with Gasteiger partial charge in [0.1, 0.15) is 11.5 Å². The molecule has 1 N–H and O–H groups in total. The topological polar surface area (TPSA) is 79.3 Å². The number of aliphatic hydroxyl groups excluding tert-OH is 1. The first-order valence-corrected chi connectivity index (χ1v) is 13.6. The van der Waals surface area contributed by atoms with E-state index in [-0.39, 0.29) is 16.7 Å². The van der Waals surface area contributed by atoms with Gasteiger partial charge in [-0.25, -0.2) is 0 Å². The van der Waals surface area contributed by atoms with Gasteiger partial charge < -0.3 is 19.5 Å². The van der Waals surface area contributed by atoms with Gasteiger partial charge in [0.2, 0.25) is 0 Å². The quantitative estimate of drug-likeness (QED) is 0.287. The molecule has 0 unspecified atom stereocenters. The Bertz CT molecular complexity index is 1140. The number of nitrogens with zero attached hydrogens (tertiary/aromatic N) is 2. The van der Waals surface area contributed by atoms with Crippen LogP contribution in [0.15, 0.2) is 54.1 Å². The minimum absolute atomic E-state index is 0.0277. The third kappa shape index (κ3) is 6.27. The second-order valence-electron chi connectivity index (χ2n) is 11.0. The molecule has 0 bridgehead atoms. The first-order chi connectivity index (χ1) is 18.2. The van der Waals surface area contributed by atoms with E-state index in [0.717, 1.165) is 43.6 Å². The van der Waals surface area contributed by atoms with Crippen molar-refractivity contribution in [1.82, 2.24) is 9.80 Å². The highest BCUT2D eigenvalue weighted by molar-refractivity contribution is 6.46. The van der Waals surface area contributed by atoms with Crippen molar-refractivity contribution < 1.29 is 24.2 Å². The Morgan fingerprint density at radius 3 is 2.26 bits per heavy atom. The van der Waals surface area contributed by atoms with Gasteiger partial charge >= 0.3 is 0 Å². The van der Waals surface area contributed by atoms with Crippen molar-refractivity contribution in [3.63, 3.8) is 0 Å². The van der Waals surface area contributed by atoms with E-state index in [2.05, 4.69) is 25.7 Å². The van der Waals surface area contributed by atoms with Gasteiger partial charge in [0.25, 0.3) is 11.7 Å². The van der Waals surface area contributed by atoms with Crippen molar-refractivity contribution in [3.8, 4) is 5.75 Å². The number of rotatable bonds is 9. The average molecular weight is 521 g/mol. The molecule has 204 valence electrons. The van der Waals surface area contributed by atoms with Crippen molar-refractivity contribution in [2.24, 2.45) is 0 Å². The number of hydrogen-bond acceptors (Lipinski definition) is 6. The van der Waals surface area contributed by atoms with E-state index >= 15 is 0 Å². The summed E-state index contributed by atoms with van der Waals surface area (Å²) in [6, 6.07) is 14.4. The molecule has 2 fully saturated rings. The van der Waals surface area contributed by atoms with E-state index in [1.165, 1.54) is 0 Å². The summed E-state index contributed by atoms with van der Waals surface area (Å²) in [5, 5.41) is 11.4. The van der Waals surface area contributed by atoms with Gasteiger partial charge in [0.15, 0.2) is 0 Å². The number of hydrogen-bond donors (Lipinski definition) is 1. The highest BCUT2D eigenvalue weighted by atomic mass is 16.5. The number of morpholine rings is 1. The van der Waals surface area contributed by atoms with Crippen LogP contribution in [0.1, 0.15) is 63.3 Å². The fourth-order valence-electron chi connectivity index (χ4n) is 5.00. The van der Waals surface area contributed by atoms with E-state index in [0.29, 0.717) is 37.7 Å². The predicted octanol–water partition coefficient (Wildman–Crippen LogP) is 4.92. The number of amides is 1. The van der Waals surface area contributed by atoms with Crippen LogP contribution in [0.4, 0.5) is 0 Å². The molecular weight excluding hydrogens is 480 g/mol. The molecule has 2 heterocycles. The van der Waals surface area contributed by atoms with Crippen LogP contribution in [0.3, 0.4) is 0 Å². The highest BCUT2D eigenvalue weighted by Gasteiger charge is 2.45. The van der Waals surface area contributed by atoms with Gasteiger partial charge in [-0.15, -0.1) is 0 Å². The van der Waals surface area contributed by atoms with Crippen LogP contribution < -0.4 is 4.74 Å². The molecule has 4 rings (SSSR count). The van der Waals surface area contributed by atoms with E-state index in [9.17, 15) is 14.7 Å². The maximum absolute atomic E-state index is 13.4. The fraction of sp³-hybridized carbons (Fsp3) is 0.484. The zero-order valence-electron chi connectivity index (χ0n) is 23.0. The van der Waals surface area contributed by atoms with Crippen LogP contribution in [0, 0.1) is 0 Å². The molecule has 0 aromatic heterocycles. The van der Waals surface area contributed by atoms with Gasteiger partial charge in [0.05, 0.1) is 31.4 Å². The molecule has 1 atom stereocenters. The standard InChI is InChI=1S/C31H40N2O5/c1-5-19-38-25-13-9-23(10-14-25)28(34)26-27(22-7-11-24(12-8-22)31(2,3)4)33(30(36)29(26)35)16-6-15-32-17-20-37-21-18-32/h7-14,27,34H,5-6,15-21H2,1-4H3/b28-26+/t27-/m1/s1. The number of Topliss-reactive ketones (excluding diaryl/α,β-unsaturated/α-hetero) is 1. The molecule has 2 aromatic carbocycles. The number of ether oxygens (including phenoxy) is 2. The molecule has 2 saturated heterocycles. The van der Waals surface area contributed by atoms with Crippen LogP contribution in [0.5, 0.6) is 5.75 Å². The van der Waals surface area contributed by atoms with Crippen molar-refractivity contribution in [2.75, 3.05) is 46.0 Å². The van der Waals surface area contributed by atoms with Crippen molar-refractivity contribution in [2.45, 2.75) is 52.0 Å². The Balaban J connectivity index is 1.66. The fourth-order valence-corrected chi connectivity index (χ4v) is 5.00. The Morgan fingerprint density at radius 1 is 1.00 bits per heavy atom. The predicted molar refractivity (Wildman–Crippen MR) is 148 cm³/mol. The van der Waals surface area contributed by atoms with E-state index in [1.807, 2.05) is 31.2 Å². The van der Waals surface area contributed by atoms with E-state index < -0.39 is 17.7 Å². The zero-order chi connectivity index (χ0) is 27.3. The second kappa shape index (κ2) is 12.1. The Labute approximate surface area is 226 Å². The Kier molecular flexibility index (Phi) is 8.90. The summed E-state index contributed by atoms with van der Waals surface area (Å²) in [6.07, 6.45) is 1.62. The van der Waals surface area contributed by atoms with Gasteiger partial charge in [0, 0.05) is 31.7 Å². The van der Waals surface area contributed by atoms with Crippen molar-refractivity contribution >= 4 is 17.4 Å². The molecule has 2 aliphatic heterocycles. The molecule has 0 saturated carbocycles. The van der Waals surface area contributed by atoms with Crippen LogP contribution in [0.2, 0.25) is 0 Å². The lowest BCUT2D eigenvalue weighted by atomic mass is 9.85. The average Bonchev–Trinajstić information content (AvgIpc) is 3.17. The number of benzene rings is 2. The largest absolute Gasteiger partial charge is 0.507 e. The molecule has 0 spiro atoms. The number of ketones is 1. The smallest absolute Gasteiger partial charge is 0.295 e. The summed E-state index contributed by atoms with van der Waals surface area (Å²) in [5.41, 5.74) is 2.56. The lowest BCUT2D eigenvalue weighted by Crippen LogP contribution is -2.39. The first kappa shape index (κ1) is 27.9. The lowest BCUT2D eigenvalue weighted by molar-refractivity contribution is -0.140. The first-order valence-electron chi connectivity index (χ1n) is 13.6. The summed E-state index contributed by atoms with van der Waals surface area (Å²) in [5.74, 6) is -0.682. The lowest BCUT2D eigenvalue weighted by Gasteiger charge is -2.29. The van der Waals surface area contributed by atoms with E-state index in [1.54, 1.807) is 29.2 Å². The van der Waals surface area contributed by atoms with Crippen molar-refractivity contribution in [1.29, 1.82) is 0 Å². The number of carbonyl (C=O) groups is 2. The maximum atomic E-state index is 13.4. The SMILES string of the molecule is CCCOc1ccc(/C(O)=C2\C(=O)C(=O)N(CCCN3CCOCC3)[C@@H]2c2ccc(C(C)(C)C)cc2)cc1. The number of carbonyl (C=O) groups excluding carboxylic acids is 2. The Morgan fingerprint density at radius 2 is 1.66 bits per heavy atom. The summed E-state index contributed by atoms with van der Waals surface area (Å²) < 4.78 is 11.1. The minimum Gasteiger partial charge on any atom is -0.507 e. The summed E-state index contributed by atoms with van der Waals surface area (Å²) in [4.78, 5) is 30.6. The molecular formula is C31H40N2O5. The molecule has 0 aliphatic carbocycles. The van der Waals surface area contributed by atoms with Gasteiger partial charge in [-0.05, 0) is 53.6 Å². The summed E-state index contributed by atoms with van der Waals surface area (Å²) in [7, 11) is 0. The number of aliphatic hydroxyl groups is 1. The zero-order valence-corrected chi connectivity index (χ0v) is 23.0. The molecule has 0 radical (unpaired) electrons. The normalized spacial score (nSPS) is 20.2. The van der Waals surface area contributed by atoms with Crippen molar-refractivity contribution in [3.05, 3.63) is 70.8 Å². The third-order valence-corrected chi connectivity index (χ3v) is 7.21. The molecule has 38 heavy (non-hydrogen) atoms. The van der Waals surface area contributed by atoms with Gasteiger partial charge in [-0.1, -0.05) is 52.0 Å². The van der Waals surface area contributed by atoms with Crippen LogP contribution >= 0.6 is 0 Å². The van der Waals surface area contributed by atoms with E-state index in [4.69, 9.17) is 9.47 Å². The monoisotopic (exact) mass is 520 g/mol. The molecule has 7 heteroatoms. The molecule has 2 aliphatic rings. The Hall–Kier alpha value is -3.16. The van der Waals surface area contributed by atoms with Crippen LogP contribution in [-0.2, 0) is 19.7 Å². The second-order valence-corrected chi connectivity index (χ2v) is 11.0. The summed E-state index contributed by atoms with van der Waals surface area (Å²) >= 11 is 0. The maximum Gasteiger partial charge on any atom is 0.295 e. The van der Waals surface area contributed by atoms with Gasteiger partial charge in [-0.3, -0.25) is 14.5 Å². The molecule has 2 aromatic rings. The third-order valence-electron chi connectivity index (χ3n) is 7.21. The molecule has 1 amide bonds.